The fourth-order valence-corrected chi connectivity index (χ4v) is 4.67. The Balaban J connectivity index is 1.49. The molecule has 4 aromatic rings. The summed E-state index contributed by atoms with van der Waals surface area (Å²) in [4.78, 5) is 27.6. The van der Waals surface area contributed by atoms with Crippen LogP contribution in [0.5, 0.6) is 0 Å². The first-order chi connectivity index (χ1) is 16.3. The van der Waals surface area contributed by atoms with Crippen LogP contribution in [-0.4, -0.2) is 43.0 Å². The predicted molar refractivity (Wildman–Crippen MR) is 138 cm³/mol. The van der Waals surface area contributed by atoms with Crippen LogP contribution in [0.15, 0.2) is 22.9 Å². The van der Waals surface area contributed by atoms with Crippen LogP contribution in [0.1, 0.15) is 20.9 Å². The van der Waals surface area contributed by atoms with Gasteiger partial charge in [-0.05, 0) is 60.7 Å². The molecule has 0 aliphatic heterocycles. The number of hydrogen-bond donors (Lipinski definition) is 5. The third-order valence-corrected chi connectivity index (χ3v) is 6.50. The lowest BCUT2D eigenvalue weighted by Crippen LogP contribution is -2.35. The summed E-state index contributed by atoms with van der Waals surface area (Å²) in [6.07, 6.45) is 1.56. The summed E-state index contributed by atoms with van der Waals surface area (Å²) in [6, 6.07) is 4.30. The number of nitrogen functional groups attached to an aromatic ring is 3. The second kappa shape index (κ2) is 10.4. The smallest absolute Gasteiger partial charge is 0.251 e. The summed E-state index contributed by atoms with van der Waals surface area (Å²) in [7, 11) is 0. The van der Waals surface area contributed by atoms with E-state index in [0.717, 1.165) is 6.42 Å². The third-order valence-electron chi connectivity index (χ3n) is 4.68. The summed E-state index contributed by atoms with van der Waals surface area (Å²) in [6.45, 7) is 5.30. The predicted octanol–water partition coefficient (Wildman–Crippen LogP) is 2.27. The number of aryl methyl sites for hydroxylation is 2. The molecule has 0 amide bonds. The van der Waals surface area contributed by atoms with Crippen molar-refractivity contribution in [2.75, 3.05) is 46.0 Å². The van der Waals surface area contributed by atoms with E-state index in [-0.39, 0.29) is 29.7 Å². The minimum Gasteiger partial charge on any atom is -0.368 e. The van der Waals surface area contributed by atoms with Gasteiger partial charge in [0.2, 0.25) is 29.7 Å². The molecule has 0 radical (unpaired) electrons. The van der Waals surface area contributed by atoms with Crippen LogP contribution in [0.4, 0.5) is 35.7 Å². The first-order valence-corrected chi connectivity index (χ1v) is 12.2. The van der Waals surface area contributed by atoms with E-state index in [0.29, 0.717) is 25.5 Å². The maximum atomic E-state index is 5.94. The van der Waals surface area contributed by atoms with Gasteiger partial charge in [-0.15, -0.1) is 22.7 Å². The Labute approximate surface area is 204 Å². The van der Waals surface area contributed by atoms with E-state index in [9.17, 15) is 0 Å². The van der Waals surface area contributed by atoms with Gasteiger partial charge in [0.15, 0.2) is 0 Å². The number of rotatable bonds is 10. The highest BCUT2D eigenvalue weighted by Crippen LogP contribution is 2.18. The molecule has 8 N–H and O–H groups in total. The molecule has 12 nitrogen and oxygen atoms in total. The Morgan fingerprint density at radius 1 is 0.765 bits per heavy atom. The van der Waals surface area contributed by atoms with E-state index in [4.69, 9.17) is 17.2 Å². The van der Waals surface area contributed by atoms with Gasteiger partial charge in [-0.1, -0.05) is 0 Å². The van der Waals surface area contributed by atoms with Crippen molar-refractivity contribution in [1.29, 1.82) is 0 Å². The Kier molecular flexibility index (Phi) is 7.18. The second-order valence-corrected chi connectivity index (χ2v) is 9.74. The number of aromatic nitrogens is 6. The second-order valence-electron chi connectivity index (χ2n) is 7.51. The van der Waals surface area contributed by atoms with Crippen LogP contribution in [0.3, 0.4) is 0 Å². The summed E-state index contributed by atoms with van der Waals surface area (Å²) < 4.78 is 0. The number of anilines is 6. The van der Waals surface area contributed by atoms with Gasteiger partial charge in [-0.3, -0.25) is 10.4 Å². The number of hydrogen-bond acceptors (Lipinski definition) is 14. The van der Waals surface area contributed by atoms with E-state index < -0.39 is 0 Å². The van der Waals surface area contributed by atoms with Crippen molar-refractivity contribution in [3.8, 4) is 0 Å². The van der Waals surface area contributed by atoms with Crippen LogP contribution >= 0.6 is 22.7 Å². The zero-order chi connectivity index (χ0) is 24.1. The topological polar surface area (TPSA) is 183 Å². The number of thiophene rings is 2. The summed E-state index contributed by atoms with van der Waals surface area (Å²) in [5, 5.41) is 9.12. The zero-order valence-electron chi connectivity index (χ0n) is 18.8. The molecule has 0 aromatic carbocycles. The van der Waals surface area contributed by atoms with Gasteiger partial charge in [0.1, 0.15) is 0 Å². The molecule has 0 fully saturated rings. The van der Waals surface area contributed by atoms with Gasteiger partial charge in [-0.25, -0.2) is 0 Å². The molecular weight excluding hydrogens is 472 g/mol. The van der Waals surface area contributed by atoms with Crippen molar-refractivity contribution in [1.82, 2.24) is 29.9 Å². The number of hydrazine groups is 1. The van der Waals surface area contributed by atoms with Crippen molar-refractivity contribution in [2.24, 2.45) is 0 Å². The van der Waals surface area contributed by atoms with Gasteiger partial charge >= 0.3 is 0 Å². The van der Waals surface area contributed by atoms with E-state index in [1.54, 1.807) is 27.7 Å². The van der Waals surface area contributed by atoms with E-state index in [2.05, 4.69) is 77.4 Å². The molecule has 34 heavy (non-hydrogen) atoms. The molecule has 4 aromatic heterocycles. The molecule has 14 heteroatoms. The van der Waals surface area contributed by atoms with Gasteiger partial charge in [0.05, 0.1) is 0 Å². The fourth-order valence-electron chi connectivity index (χ4n) is 3.18. The SMILES string of the molecule is Cc1cc(CCNc2nc(N)nc(NN(CCc3csc(C)c3)c3nc(N)nc(N)n3)n2)cs1. The Morgan fingerprint density at radius 2 is 1.35 bits per heavy atom. The lowest BCUT2D eigenvalue weighted by atomic mass is 10.2. The molecule has 4 heterocycles. The minimum atomic E-state index is 0.0156. The van der Waals surface area contributed by atoms with Crippen molar-refractivity contribution < 1.29 is 0 Å². The first-order valence-electron chi connectivity index (χ1n) is 10.5. The quantitative estimate of drug-likeness (QED) is 0.201. The monoisotopic (exact) mass is 498 g/mol. The number of nitrogens with two attached hydrogens (primary N) is 3. The average molecular weight is 499 g/mol. The lowest BCUT2D eigenvalue weighted by Gasteiger charge is -2.23. The maximum absolute atomic E-state index is 5.94. The average Bonchev–Trinajstić information content (AvgIpc) is 3.37. The Bertz CT molecular complexity index is 1230. The molecule has 178 valence electrons. The van der Waals surface area contributed by atoms with Crippen LogP contribution < -0.4 is 33.0 Å². The molecule has 4 rings (SSSR count). The standard InChI is InChI=1S/C20H26N12S2/c1-11-7-13(9-33-11)3-5-24-18-26-17(23)27-19(30-18)31-32(6-4-14-8-12(2)34-10-14)20-28-15(21)25-16(22)29-20/h7-10H,3-6H2,1-2H3,(H4,21,22,25,28,29)(H4,23,24,26,27,30,31). The van der Waals surface area contributed by atoms with Crippen molar-refractivity contribution >= 4 is 58.4 Å². The highest BCUT2D eigenvalue weighted by Gasteiger charge is 2.16. The minimum absolute atomic E-state index is 0.0156. The highest BCUT2D eigenvalue weighted by atomic mass is 32.1. The van der Waals surface area contributed by atoms with Crippen molar-refractivity contribution in [3.05, 3.63) is 43.8 Å². The van der Waals surface area contributed by atoms with E-state index in [1.807, 2.05) is 0 Å². The molecule has 0 aliphatic rings. The Hall–Kier alpha value is -3.78. The molecule has 0 unspecified atom stereocenters. The number of nitrogens with one attached hydrogen (secondary N) is 2. The highest BCUT2D eigenvalue weighted by molar-refractivity contribution is 7.10. The third kappa shape index (κ3) is 6.39. The molecular formula is C20H26N12S2. The summed E-state index contributed by atoms with van der Waals surface area (Å²) >= 11 is 3.42. The molecule has 0 spiro atoms. The van der Waals surface area contributed by atoms with Crippen LogP contribution in [-0.2, 0) is 12.8 Å². The normalized spacial score (nSPS) is 10.9. The molecule has 0 atom stereocenters. The van der Waals surface area contributed by atoms with E-state index >= 15 is 0 Å². The van der Waals surface area contributed by atoms with Gasteiger partial charge in [0, 0.05) is 22.8 Å². The van der Waals surface area contributed by atoms with Crippen LogP contribution in [0.25, 0.3) is 0 Å². The Morgan fingerprint density at radius 3 is 1.97 bits per heavy atom. The van der Waals surface area contributed by atoms with Gasteiger partial charge in [0.25, 0.3) is 5.95 Å². The molecule has 0 aliphatic carbocycles. The molecule has 0 saturated heterocycles. The first kappa shape index (κ1) is 23.4. The van der Waals surface area contributed by atoms with Crippen LogP contribution in [0.2, 0.25) is 0 Å². The molecule has 0 saturated carbocycles. The summed E-state index contributed by atoms with van der Waals surface area (Å²) in [5.41, 5.74) is 23.1. The zero-order valence-corrected chi connectivity index (χ0v) is 20.4. The fraction of sp³-hybridized carbons (Fsp3) is 0.300. The van der Waals surface area contributed by atoms with Gasteiger partial charge in [-0.2, -0.15) is 29.9 Å². The van der Waals surface area contributed by atoms with Gasteiger partial charge < -0.3 is 22.5 Å². The van der Waals surface area contributed by atoms with Crippen LogP contribution in [0, 0.1) is 13.8 Å². The number of nitrogens with zero attached hydrogens (tertiary/aromatic N) is 7. The summed E-state index contributed by atoms with van der Waals surface area (Å²) in [5.74, 6) is 0.960. The van der Waals surface area contributed by atoms with Crippen molar-refractivity contribution in [3.63, 3.8) is 0 Å². The lowest BCUT2D eigenvalue weighted by molar-refractivity contribution is 0.811. The maximum Gasteiger partial charge on any atom is 0.251 e. The van der Waals surface area contributed by atoms with Crippen molar-refractivity contribution in [2.45, 2.75) is 26.7 Å². The van der Waals surface area contributed by atoms with E-state index in [1.165, 1.54) is 20.9 Å². The molecule has 0 bridgehead atoms. The largest absolute Gasteiger partial charge is 0.368 e.